The molecule has 0 spiro atoms. The van der Waals surface area contributed by atoms with E-state index in [0.717, 1.165) is 11.5 Å². The number of imide groups is 1. The molecule has 2 amide bonds. The minimum Gasteiger partial charge on any atom is -0.313 e. The van der Waals surface area contributed by atoms with Crippen molar-refractivity contribution in [2.24, 2.45) is 11.3 Å². The fraction of sp³-hybridized carbons (Fsp3) is 0.556. The van der Waals surface area contributed by atoms with Crippen LogP contribution >= 0.6 is 11.5 Å². The van der Waals surface area contributed by atoms with Crippen molar-refractivity contribution in [3.63, 3.8) is 0 Å². The Balaban J connectivity index is 2.20. The van der Waals surface area contributed by atoms with Crippen LogP contribution in [-0.4, -0.2) is 26.3 Å². The Morgan fingerprint density at radius 1 is 1.53 bits per heavy atom. The highest BCUT2D eigenvalue weighted by Crippen LogP contribution is 2.33. The molecule has 0 bridgehead atoms. The first kappa shape index (κ1) is 11.9. The van der Waals surface area contributed by atoms with Crippen molar-refractivity contribution in [2.75, 3.05) is 5.43 Å². The number of aromatic nitrogens is 2. The topological polar surface area (TPSA) is 101 Å². The lowest BCUT2D eigenvalue weighted by Gasteiger charge is -2.16. The zero-order valence-electron chi connectivity index (χ0n) is 9.56. The van der Waals surface area contributed by atoms with Gasteiger partial charge in [-0.15, -0.1) is 5.10 Å². The summed E-state index contributed by atoms with van der Waals surface area (Å²) in [5.74, 6) is 4.92. The Labute approximate surface area is 102 Å². The van der Waals surface area contributed by atoms with E-state index in [1.807, 2.05) is 0 Å². The van der Waals surface area contributed by atoms with Crippen LogP contribution in [0.1, 0.15) is 26.0 Å². The predicted molar refractivity (Wildman–Crippen MR) is 61.7 cm³/mol. The van der Waals surface area contributed by atoms with Gasteiger partial charge in [-0.1, -0.05) is 18.3 Å². The summed E-state index contributed by atoms with van der Waals surface area (Å²) < 4.78 is 3.72. The Hall–Kier alpha value is -1.54. The van der Waals surface area contributed by atoms with E-state index in [1.165, 1.54) is 4.90 Å². The zero-order valence-corrected chi connectivity index (χ0v) is 10.4. The first-order valence-electron chi connectivity index (χ1n) is 5.08. The Bertz CT molecular complexity index is 470. The Morgan fingerprint density at radius 3 is 2.76 bits per heavy atom. The second kappa shape index (κ2) is 4.04. The molecule has 7 nitrogen and oxygen atoms in total. The first-order valence-corrected chi connectivity index (χ1v) is 5.85. The molecular weight excluding hydrogens is 242 g/mol. The lowest BCUT2D eigenvalue weighted by atomic mass is 9.92. The summed E-state index contributed by atoms with van der Waals surface area (Å²) in [4.78, 5) is 24.9. The van der Waals surface area contributed by atoms with E-state index in [4.69, 9.17) is 5.84 Å². The number of nitrogens with one attached hydrogen (secondary N) is 1. The molecule has 17 heavy (non-hydrogen) atoms. The van der Waals surface area contributed by atoms with Gasteiger partial charge in [0.05, 0.1) is 12.0 Å². The van der Waals surface area contributed by atoms with Crippen LogP contribution in [0, 0.1) is 5.41 Å². The molecule has 1 aromatic rings. The largest absolute Gasteiger partial charge is 0.313 e. The van der Waals surface area contributed by atoms with Gasteiger partial charge in [0, 0.05) is 18.0 Å². The number of nitrogens with zero attached hydrogens (tertiary/aromatic N) is 3. The zero-order chi connectivity index (χ0) is 12.6. The maximum Gasteiger partial charge on any atom is 0.235 e. The van der Waals surface area contributed by atoms with Crippen molar-refractivity contribution < 1.29 is 9.59 Å². The normalized spacial score (nSPS) is 18.9. The van der Waals surface area contributed by atoms with Crippen LogP contribution in [0.4, 0.5) is 5.00 Å². The number of amides is 2. The van der Waals surface area contributed by atoms with E-state index in [2.05, 4.69) is 15.0 Å². The fourth-order valence-electron chi connectivity index (χ4n) is 1.76. The molecule has 1 fully saturated rings. The summed E-state index contributed by atoms with van der Waals surface area (Å²) in [7, 11) is 0. The lowest BCUT2D eigenvalue weighted by molar-refractivity contribution is -0.141. The van der Waals surface area contributed by atoms with Gasteiger partial charge < -0.3 is 5.43 Å². The molecule has 1 aromatic heterocycles. The number of hydrogen-bond donors (Lipinski definition) is 2. The molecular formula is C9H13N5O2S. The van der Waals surface area contributed by atoms with Gasteiger partial charge >= 0.3 is 0 Å². The molecule has 3 N–H and O–H groups in total. The lowest BCUT2D eigenvalue weighted by Crippen LogP contribution is -2.33. The molecule has 8 heteroatoms. The van der Waals surface area contributed by atoms with Gasteiger partial charge in [-0.25, -0.2) is 5.84 Å². The van der Waals surface area contributed by atoms with Gasteiger partial charge in [0.2, 0.25) is 11.8 Å². The van der Waals surface area contributed by atoms with Gasteiger partial charge in [-0.3, -0.25) is 14.5 Å². The number of rotatable bonds is 3. The van der Waals surface area contributed by atoms with Crippen LogP contribution in [0.3, 0.4) is 0 Å². The van der Waals surface area contributed by atoms with Crippen LogP contribution in [0.25, 0.3) is 0 Å². The highest BCUT2D eigenvalue weighted by Gasteiger charge is 2.45. The average Bonchev–Trinajstić information content (AvgIpc) is 2.77. The van der Waals surface area contributed by atoms with Crippen molar-refractivity contribution >= 4 is 28.3 Å². The van der Waals surface area contributed by atoms with Gasteiger partial charge in [-0.2, -0.15) is 0 Å². The third-order valence-corrected chi connectivity index (χ3v) is 3.41. The van der Waals surface area contributed by atoms with Gasteiger partial charge in [-0.05, 0) is 0 Å². The molecule has 2 rings (SSSR count). The fourth-order valence-corrected chi connectivity index (χ4v) is 2.24. The second-order valence-corrected chi connectivity index (χ2v) is 5.29. The molecule has 1 aliphatic rings. The minimum absolute atomic E-state index is 0.122. The third kappa shape index (κ3) is 2.01. The number of anilines is 1. The number of likely N-dealkylation sites (tertiary alicyclic amines) is 1. The second-order valence-electron chi connectivity index (χ2n) is 4.54. The number of carbonyl (C=O) groups is 2. The van der Waals surface area contributed by atoms with E-state index in [1.54, 1.807) is 13.8 Å². The van der Waals surface area contributed by atoms with Crippen molar-refractivity contribution in [1.82, 2.24) is 14.5 Å². The van der Waals surface area contributed by atoms with Gasteiger partial charge in [0.15, 0.2) is 0 Å². The molecule has 1 aliphatic heterocycles. The van der Waals surface area contributed by atoms with Crippen molar-refractivity contribution in [3.05, 3.63) is 5.69 Å². The number of carbonyl (C=O) groups excluding carboxylic acids is 2. The summed E-state index contributed by atoms with van der Waals surface area (Å²) in [5, 5.41) is 4.41. The molecule has 92 valence electrons. The van der Waals surface area contributed by atoms with Crippen LogP contribution < -0.4 is 11.3 Å². The SMILES string of the molecule is CC1(C)CC(=O)N(Cc2nnsc2NN)C1=O. The molecule has 0 radical (unpaired) electrons. The average molecular weight is 255 g/mol. The number of nitrogen functional groups attached to an aromatic ring is 1. The van der Waals surface area contributed by atoms with E-state index in [9.17, 15) is 9.59 Å². The third-order valence-electron chi connectivity index (χ3n) is 2.71. The van der Waals surface area contributed by atoms with Crippen molar-refractivity contribution in [2.45, 2.75) is 26.8 Å². The monoisotopic (exact) mass is 255 g/mol. The van der Waals surface area contributed by atoms with Gasteiger partial charge in [0.1, 0.15) is 10.7 Å². The van der Waals surface area contributed by atoms with Crippen LogP contribution in [0.15, 0.2) is 0 Å². The molecule has 0 saturated carbocycles. The van der Waals surface area contributed by atoms with Crippen LogP contribution in [0.2, 0.25) is 0 Å². The number of hydrogen-bond acceptors (Lipinski definition) is 7. The van der Waals surface area contributed by atoms with E-state index < -0.39 is 5.41 Å². The highest BCUT2D eigenvalue weighted by molar-refractivity contribution is 7.10. The molecule has 0 unspecified atom stereocenters. The Morgan fingerprint density at radius 2 is 2.24 bits per heavy atom. The molecule has 1 saturated heterocycles. The molecule has 0 atom stereocenters. The smallest absolute Gasteiger partial charge is 0.235 e. The maximum absolute atomic E-state index is 12.0. The first-order chi connectivity index (χ1) is 7.95. The maximum atomic E-state index is 12.0. The Kier molecular flexibility index (Phi) is 2.84. The highest BCUT2D eigenvalue weighted by atomic mass is 32.1. The van der Waals surface area contributed by atoms with Crippen LogP contribution in [0.5, 0.6) is 0 Å². The minimum atomic E-state index is -0.628. The summed E-state index contributed by atoms with van der Waals surface area (Å²) >= 11 is 1.09. The van der Waals surface area contributed by atoms with E-state index >= 15 is 0 Å². The van der Waals surface area contributed by atoms with E-state index in [0.29, 0.717) is 10.7 Å². The van der Waals surface area contributed by atoms with E-state index in [-0.39, 0.29) is 24.8 Å². The molecule has 0 aliphatic carbocycles. The van der Waals surface area contributed by atoms with Gasteiger partial charge in [0.25, 0.3) is 0 Å². The summed E-state index contributed by atoms with van der Waals surface area (Å²) in [6.45, 7) is 3.64. The predicted octanol–water partition coefficient (Wildman–Crippen LogP) is 0.109. The van der Waals surface area contributed by atoms with Crippen molar-refractivity contribution in [3.8, 4) is 0 Å². The molecule has 0 aromatic carbocycles. The number of hydrazine groups is 1. The summed E-state index contributed by atoms with van der Waals surface area (Å²) in [5.41, 5.74) is 2.33. The quantitative estimate of drug-likeness (QED) is 0.451. The molecule has 2 heterocycles. The summed E-state index contributed by atoms with van der Waals surface area (Å²) in [6, 6.07) is 0. The standard InChI is InChI=1S/C9H13N5O2S/c1-9(2)3-6(15)14(8(9)16)4-5-7(11-10)17-13-12-5/h11H,3-4,10H2,1-2H3. The summed E-state index contributed by atoms with van der Waals surface area (Å²) in [6.07, 6.45) is 0.231. The van der Waals surface area contributed by atoms with Crippen molar-refractivity contribution in [1.29, 1.82) is 0 Å². The number of nitrogens with two attached hydrogens (primary N) is 1. The van der Waals surface area contributed by atoms with Crippen LogP contribution in [-0.2, 0) is 16.1 Å².